The van der Waals surface area contributed by atoms with Gasteiger partial charge < -0.3 is 9.64 Å². The molecular formula is C17H25N3O. The van der Waals surface area contributed by atoms with Crippen LogP contribution in [0.4, 0.5) is 5.69 Å². The molecular weight excluding hydrogens is 262 g/mol. The van der Waals surface area contributed by atoms with Crippen molar-refractivity contribution in [3.63, 3.8) is 0 Å². The molecule has 4 nitrogen and oxygen atoms in total. The zero-order valence-electron chi connectivity index (χ0n) is 12.9. The van der Waals surface area contributed by atoms with Crippen LogP contribution in [-0.2, 0) is 0 Å². The number of hydrogen-bond acceptors (Lipinski definition) is 4. The second kappa shape index (κ2) is 5.16. The maximum Gasteiger partial charge on any atom is 0.139 e. The molecule has 1 aromatic heterocycles. The highest BCUT2D eigenvalue weighted by Crippen LogP contribution is 2.45. The first-order valence-electron chi connectivity index (χ1n) is 8.37. The van der Waals surface area contributed by atoms with E-state index in [1.54, 1.807) is 0 Å². The fraction of sp³-hybridized carbons (Fsp3) is 0.706. The van der Waals surface area contributed by atoms with E-state index in [9.17, 15) is 0 Å². The lowest BCUT2D eigenvalue weighted by molar-refractivity contribution is -0.0157. The number of nitrogens with zero attached hydrogens (tertiary/aromatic N) is 3. The Hall–Kier alpha value is -1.29. The number of aromatic nitrogens is 1. The average Bonchev–Trinajstić information content (AvgIpc) is 2.93. The van der Waals surface area contributed by atoms with Crippen molar-refractivity contribution >= 4 is 5.69 Å². The Balaban J connectivity index is 1.52. The normalized spacial score (nSPS) is 34.6. The summed E-state index contributed by atoms with van der Waals surface area (Å²) >= 11 is 0. The number of fused-ring (bicyclic) bond motifs is 2. The molecule has 1 spiro atoms. The summed E-state index contributed by atoms with van der Waals surface area (Å²) in [5.41, 5.74) is 1.67. The molecule has 1 unspecified atom stereocenters. The van der Waals surface area contributed by atoms with Crippen molar-refractivity contribution in [1.29, 1.82) is 0 Å². The first-order chi connectivity index (χ1) is 10.3. The van der Waals surface area contributed by atoms with Crippen LogP contribution in [0.1, 0.15) is 32.6 Å². The molecule has 0 aliphatic carbocycles. The van der Waals surface area contributed by atoms with E-state index in [2.05, 4.69) is 20.9 Å². The monoisotopic (exact) mass is 287 g/mol. The van der Waals surface area contributed by atoms with Crippen molar-refractivity contribution in [2.75, 3.05) is 37.7 Å². The van der Waals surface area contributed by atoms with E-state index in [0.29, 0.717) is 12.1 Å². The fourth-order valence-corrected chi connectivity index (χ4v) is 4.61. The van der Waals surface area contributed by atoms with E-state index in [1.165, 1.54) is 51.0 Å². The van der Waals surface area contributed by atoms with Gasteiger partial charge in [-0.05, 0) is 51.6 Å². The lowest BCUT2D eigenvalue weighted by Crippen LogP contribution is -2.59. The van der Waals surface area contributed by atoms with Crippen LogP contribution in [0.15, 0.2) is 18.5 Å². The lowest BCUT2D eigenvalue weighted by Gasteiger charge is -2.52. The third-order valence-electron chi connectivity index (χ3n) is 5.66. The largest absolute Gasteiger partial charge is 0.492 e. The standard InChI is InChI=1S/C17H25N3O/c1-2-21-16-9-15(11-18-12-16)19-8-5-17(13-19)10-14-3-6-20(17)7-4-14/h9,11-12,14H,2-8,10,13H2,1H3. The summed E-state index contributed by atoms with van der Waals surface area (Å²) in [4.78, 5) is 9.63. The molecule has 1 atom stereocenters. The SMILES string of the molecule is CCOc1cncc(N2CCC3(CC4CCN3CC4)C2)c1. The van der Waals surface area contributed by atoms with Gasteiger partial charge in [-0.25, -0.2) is 0 Å². The number of ether oxygens (including phenoxy) is 1. The Morgan fingerprint density at radius 2 is 2.14 bits per heavy atom. The molecule has 114 valence electrons. The zero-order chi connectivity index (χ0) is 14.3. The Labute approximate surface area is 127 Å². The van der Waals surface area contributed by atoms with Crippen molar-refractivity contribution in [1.82, 2.24) is 9.88 Å². The first-order valence-corrected chi connectivity index (χ1v) is 8.37. The molecule has 4 saturated heterocycles. The Kier molecular flexibility index (Phi) is 3.29. The van der Waals surface area contributed by atoms with Crippen molar-refractivity contribution < 1.29 is 4.74 Å². The van der Waals surface area contributed by atoms with E-state index in [1.807, 2.05) is 19.3 Å². The van der Waals surface area contributed by atoms with Crippen LogP contribution in [0.25, 0.3) is 0 Å². The van der Waals surface area contributed by atoms with Gasteiger partial charge in [-0.1, -0.05) is 0 Å². The van der Waals surface area contributed by atoms with E-state index >= 15 is 0 Å². The number of pyridine rings is 1. The first kappa shape index (κ1) is 13.4. The summed E-state index contributed by atoms with van der Waals surface area (Å²) in [7, 11) is 0. The molecule has 0 amide bonds. The van der Waals surface area contributed by atoms with Gasteiger partial charge in [0.05, 0.1) is 24.7 Å². The molecule has 21 heavy (non-hydrogen) atoms. The maximum absolute atomic E-state index is 5.59. The van der Waals surface area contributed by atoms with E-state index in [0.717, 1.165) is 18.2 Å². The summed E-state index contributed by atoms with van der Waals surface area (Å²) in [6.45, 7) is 7.67. The van der Waals surface area contributed by atoms with Gasteiger partial charge in [0.15, 0.2) is 0 Å². The van der Waals surface area contributed by atoms with Gasteiger partial charge in [-0.15, -0.1) is 0 Å². The fourth-order valence-electron chi connectivity index (χ4n) is 4.61. The molecule has 0 N–H and O–H groups in total. The molecule has 4 heteroatoms. The topological polar surface area (TPSA) is 28.6 Å². The molecule has 0 aromatic carbocycles. The summed E-state index contributed by atoms with van der Waals surface area (Å²) in [5, 5.41) is 0. The summed E-state index contributed by atoms with van der Waals surface area (Å²) in [6.07, 6.45) is 9.35. The highest BCUT2D eigenvalue weighted by molar-refractivity contribution is 5.50. The van der Waals surface area contributed by atoms with Crippen LogP contribution in [0.2, 0.25) is 0 Å². The minimum absolute atomic E-state index is 0.447. The van der Waals surface area contributed by atoms with E-state index < -0.39 is 0 Å². The Morgan fingerprint density at radius 1 is 1.29 bits per heavy atom. The van der Waals surface area contributed by atoms with Crippen LogP contribution in [0.3, 0.4) is 0 Å². The maximum atomic E-state index is 5.59. The minimum atomic E-state index is 0.447. The van der Waals surface area contributed by atoms with Gasteiger partial charge in [0.2, 0.25) is 0 Å². The summed E-state index contributed by atoms with van der Waals surface area (Å²) in [5.74, 6) is 1.87. The van der Waals surface area contributed by atoms with Gasteiger partial charge in [0, 0.05) is 24.7 Å². The molecule has 4 aliphatic heterocycles. The van der Waals surface area contributed by atoms with Crippen LogP contribution >= 0.6 is 0 Å². The molecule has 0 saturated carbocycles. The smallest absolute Gasteiger partial charge is 0.139 e. The second-order valence-corrected chi connectivity index (χ2v) is 6.84. The number of rotatable bonds is 3. The number of piperidine rings is 3. The Bertz CT molecular complexity index is 513. The van der Waals surface area contributed by atoms with Gasteiger partial charge in [-0.2, -0.15) is 0 Å². The lowest BCUT2D eigenvalue weighted by atomic mass is 9.74. The van der Waals surface area contributed by atoms with Gasteiger partial charge in [-0.3, -0.25) is 9.88 Å². The predicted molar refractivity (Wildman–Crippen MR) is 83.9 cm³/mol. The molecule has 1 aromatic rings. The summed E-state index contributed by atoms with van der Waals surface area (Å²) in [6, 6.07) is 2.14. The summed E-state index contributed by atoms with van der Waals surface area (Å²) < 4.78 is 5.59. The molecule has 2 bridgehead atoms. The van der Waals surface area contributed by atoms with Crippen LogP contribution in [-0.4, -0.2) is 48.2 Å². The molecule has 0 radical (unpaired) electrons. The average molecular weight is 287 g/mol. The third-order valence-corrected chi connectivity index (χ3v) is 5.66. The minimum Gasteiger partial charge on any atom is -0.492 e. The molecule has 4 fully saturated rings. The van der Waals surface area contributed by atoms with Crippen LogP contribution in [0.5, 0.6) is 5.75 Å². The molecule has 5 rings (SSSR count). The third kappa shape index (κ3) is 2.30. The van der Waals surface area contributed by atoms with Crippen LogP contribution in [0, 0.1) is 5.92 Å². The van der Waals surface area contributed by atoms with Crippen molar-refractivity contribution in [2.24, 2.45) is 5.92 Å². The van der Waals surface area contributed by atoms with Crippen molar-refractivity contribution in [2.45, 2.75) is 38.1 Å². The second-order valence-electron chi connectivity index (χ2n) is 6.84. The van der Waals surface area contributed by atoms with E-state index in [4.69, 9.17) is 4.74 Å². The molecule has 4 aliphatic rings. The highest BCUT2D eigenvalue weighted by Gasteiger charge is 2.49. The van der Waals surface area contributed by atoms with Crippen molar-refractivity contribution in [3.05, 3.63) is 18.5 Å². The number of hydrogen-bond donors (Lipinski definition) is 0. The van der Waals surface area contributed by atoms with Gasteiger partial charge >= 0.3 is 0 Å². The zero-order valence-corrected chi connectivity index (χ0v) is 12.9. The highest BCUT2D eigenvalue weighted by atomic mass is 16.5. The van der Waals surface area contributed by atoms with Gasteiger partial charge in [0.25, 0.3) is 0 Å². The van der Waals surface area contributed by atoms with Crippen LogP contribution < -0.4 is 9.64 Å². The number of anilines is 1. The predicted octanol–water partition coefficient (Wildman–Crippen LogP) is 2.54. The quantitative estimate of drug-likeness (QED) is 0.854. The molecule has 5 heterocycles. The van der Waals surface area contributed by atoms with Gasteiger partial charge in [0.1, 0.15) is 5.75 Å². The Morgan fingerprint density at radius 3 is 2.86 bits per heavy atom. The van der Waals surface area contributed by atoms with E-state index in [-0.39, 0.29) is 0 Å². The van der Waals surface area contributed by atoms with Crippen molar-refractivity contribution in [3.8, 4) is 5.75 Å².